The zero-order valence-electron chi connectivity index (χ0n) is 18.1. The van der Waals surface area contributed by atoms with Gasteiger partial charge in [0.1, 0.15) is 6.54 Å². The summed E-state index contributed by atoms with van der Waals surface area (Å²) in [6.45, 7) is 4.09. The highest BCUT2D eigenvalue weighted by Gasteiger charge is 2.54. The molecule has 0 bridgehead atoms. The Balaban J connectivity index is 1.59. The molecule has 32 heavy (non-hydrogen) atoms. The molecular formula is C25H25N3O3S. The molecule has 0 saturated carbocycles. The molecule has 0 spiro atoms. The van der Waals surface area contributed by atoms with E-state index in [2.05, 4.69) is 10.6 Å². The Morgan fingerprint density at radius 3 is 2.47 bits per heavy atom. The van der Waals surface area contributed by atoms with Crippen LogP contribution in [0.2, 0.25) is 0 Å². The third kappa shape index (κ3) is 4.03. The number of rotatable bonds is 7. The van der Waals surface area contributed by atoms with Crippen LogP contribution in [0.25, 0.3) is 0 Å². The van der Waals surface area contributed by atoms with Crippen molar-refractivity contribution in [1.29, 1.82) is 0 Å². The number of carbonyl (C=O) groups excluding carboxylic acids is 3. The van der Waals surface area contributed by atoms with Gasteiger partial charge in [-0.1, -0.05) is 54.6 Å². The van der Waals surface area contributed by atoms with Crippen LogP contribution < -0.4 is 10.6 Å². The van der Waals surface area contributed by atoms with Crippen molar-refractivity contribution in [3.63, 3.8) is 0 Å². The molecule has 0 unspecified atom stereocenters. The lowest BCUT2D eigenvalue weighted by molar-refractivity contribution is -0.134. The first kappa shape index (κ1) is 21.8. The van der Waals surface area contributed by atoms with Crippen LogP contribution in [0.5, 0.6) is 0 Å². The van der Waals surface area contributed by atoms with E-state index in [4.69, 9.17) is 0 Å². The number of aryl methyl sites for hydroxylation is 2. The van der Waals surface area contributed by atoms with E-state index < -0.39 is 17.5 Å². The maximum atomic E-state index is 13.7. The Morgan fingerprint density at radius 1 is 1.00 bits per heavy atom. The first-order valence-corrected chi connectivity index (χ1v) is 11.4. The van der Waals surface area contributed by atoms with Crippen LogP contribution in [0.4, 0.5) is 4.79 Å². The first-order chi connectivity index (χ1) is 15.4. The van der Waals surface area contributed by atoms with Crippen molar-refractivity contribution in [2.24, 2.45) is 0 Å². The summed E-state index contributed by atoms with van der Waals surface area (Å²) in [7, 11) is 0. The van der Waals surface area contributed by atoms with Gasteiger partial charge < -0.3 is 10.6 Å². The number of benzene rings is 2. The molecule has 1 aromatic heterocycles. The lowest BCUT2D eigenvalue weighted by Crippen LogP contribution is -2.46. The Labute approximate surface area is 191 Å². The highest BCUT2D eigenvalue weighted by molar-refractivity contribution is 7.09. The van der Waals surface area contributed by atoms with Crippen LogP contribution in [-0.2, 0) is 21.5 Å². The molecule has 6 nitrogen and oxygen atoms in total. The standard InChI is InChI=1S/C25H25N3O3S/c1-17-10-11-20(15-18(17)2)25(19-7-4-3-5-8-19)23(30)28(24(31)27-25)16-22(29)26-13-12-21-9-6-14-32-21/h3-11,14-15H,12-13,16H2,1-2H3,(H,26,29)(H,27,31)/t25-/m0/s1. The molecule has 7 heteroatoms. The van der Waals surface area contributed by atoms with Crippen LogP contribution in [0, 0.1) is 13.8 Å². The number of urea groups is 1. The van der Waals surface area contributed by atoms with Crippen LogP contribution in [-0.4, -0.2) is 35.8 Å². The summed E-state index contributed by atoms with van der Waals surface area (Å²) < 4.78 is 0. The molecule has 4 amide bonds. The van der Waals surface area contributed by atoms with Crippen molar-refractivity contribution < 1.29 is 14.4 Å². The summed E-state index contributed by atoms with van der Waals surface area (Å²) in [6.07, 6.45) is 0.708. The Morgan fingerprint density at radius 2 is 1.78 bits per heavy atom. The van der Waals surface area contributed by atoms with Crippen molar-refractivity contribution in [3.05, 3.63) is 93.2 Å². The minimum atomic E-state index is -1.37. The zero-order chi connectivity index (χ0) is 22.7. The molecule has 2 aromatic carbocycles. The minimum Gasteiger partial charge on any atom is -0.354 e. The number of imide groups is 1. The highest BCUT2D eigenvalue weighted by Crippen LogP contribution is 2.36. The van der Waals surface area contributed by atoms with Gasteiger partial charge in [0.15, 0.2) is 5.54 Å². The second-order valence-corrected chi connectivity index (χ2v) is 8.95. The molecule has 2 heterocycles. The van der Waals surface area contributed by atoms with E-state index in [0.29, 0.717) is 24.1 Å². The normalized spacial score (nSPS) is 18.0. The summed E-state index contributed by atoms with van der Waals surface area (Å²) in [5.74, 6) is -0.820. The molecule has 1 fully saturated rings. The van der Waals surface area contributed by atoms with Gasteiger partial charge in [-0.3, -0.25) is 14.5 Å². The van der Waals surface area contributed by atoms with Gasteiger partial charge in [0.2, 0.25) is 5.91 Å². The fraction of sp³-hybridized carbons (Fsp3) is 0.240. The maximum absolute atomic E-state index is 13.7. The van der Waals surface area contributed by atoms with Gasteiger partial charge >= 0.3 is 6.03 Å². The predicted molar refractivity (Wildman–Crippen MR) is 124 cm³/mol. The van der Waals surface area contributed by atoms with Gasteiger partial charge in [0.05, 0.1) is 0 Å². The molecule has 4 rings (SSSR count). The fourth-order valence-corrected chi connectivity index (χ4v) is 4.63. The van der Waals surface area contributed by atoms with Crippen LogP contribution in [0.3, 0.4) is 0 Å². The summed E-state index contributed by atoms with van der Waals surface area (Å²) in [4.78, 5) is 41.3. The predicted octanol–water partition coefficient (Wildman–Crippen LogP) is 3.52. The molecule has 0 radical (unpaired) electrons. The number of carbonyl (C=O) groups is 3. The van der Waals surface area contributed by atoms with E-state index in [1.165, 1.54) is 0 Å². The Bertz CT molecular complexity index is 1140. The van der Waals surface area contributed by atoms with E-state index in [1.807, 2.05) is 79.9 Å². The van der Waals surface area contributed by atoms with Crippen molar-refractivity contribution in [2.45, 2.75) is 25.8 Å². The van der Waals surface area contributed by atoms with Gasteiger partial charge in [-0.2, -0.15) is 0 Å². The largest absolute Gasteiger partial charge is 0.354 e. The lowest BCUT2D eigenvalue weighted by Gasteiger charge is -2.28. The van der Waals surface area contributed by atoms with Crippen LogP contribution in [0.1, 0.15) is 27.1 Å². The second-order valence-electron chi connectivity index (χ2n) is 7.92. The third-order valence-electron chi connectivity index (χ3n) is 5.83. The summed E-state index contributed by atoms with van der Waals surface area (Å²) in [6, 6.07) is 18.3. The summed E-state index contributed by atoms with van der Waals surface area (Å²) in [5, 5.41) is 7.68. The first-order valence-electron chi connectivity index (χ1n) is 10.5. The number of thiophene rings is 1. The molecule has 1 aliphatic rings. The van der Waals surface area contributed by atoms with Gasteiger partial charge in [0.25, 0.3) is 5.91 Å². The number of hydrogen-bond donors (Lipinski definition) is 2. The van der Waals surface area contributed by atoms with Crippen molar-refractivity contribution >= 4 is 29.2 Å². The van der Waals surface area contributed by atoms with E-state index in [9.17, 15) is 14.4 Å². The van der Waals surface area contributed by atoms with E-state index in [-0.39, 0.29) is 12.5 Å². The number of amides is 4. The van der Waals surface area contributed by atoms with E-state index in [1.54, 1.807) is 11.3 Å². The highest BCUT2D eigenvalue weighted by atomic mass is 32.1. The number of nitrogens with zero attached hydrogens (tertiary/aromatic N) is 1. The fourth-order valence-electron chi connectivity index (χ4n) is 3.92. The SMILES string of the molecule is Cc1ccc([C@]2(c3ccccc3)NC(=O)N(CC(=O)NCCc3cccs3)C2=O)cc1C. The van der Waals surface area contributed by atoms with Gasteiger partial charge in [-0.15, -0.1) is 11.3 Å². The molecule has 1 atom stereocenters. The second kappa shape index (κ2) is 8.96. The van der Waals surface area contributed by atoms with E-state index >= 15 is 0 Å². The number of hydrogen-bond acceptors (Lipinski definition) is 4. The molecule has 1 saturated heterocycles. The third-order valence-corrected chi connectivity index (χ3v) is 6.76. The topological polar surface area (TPSA) is 78.5 Å². The minimum absolute atomic E-state index is 0.325. The average Bonchev–Trinajstić information content (AvgIpc) is 3.39. The monoisotopic (exact) mass is 447 g/mol. The molecular weight excluding hydrogens is 422 g/mol. The van der Waals surface area contributed by atoms with Crippen molar-refractivity contribution in [1.82, 2.24) is 15.5 Å². The van der Waals surface area contributed by atoms with Gasteiger partial charge in [0, 0.05) is 11.4 Å². The molecule has 2 N–H and O–H groups in total. The van der Waals surface area contributed by atoms with Crippen molar-refractivity contribution in [3.8, 4) is 0 Å². The maximum Gasteiger partial charge on any atom is 0.326 e. The zero-order valence-corrected chi connectivity index (χ0v) is 18.9. The quantitative estimate of drug-likeness (QED) is 0.544. The van der Waals surface area contributed by atoms with Crippen molar-refractivity contribution in [2.75, 3.05) is 13.1 Å². The van der Waals surface area contributed by atoms with E-state index in [0.717, 1.165) is 20.9 Å². The van der Waals surface area contributed by atoms with Gasteiger partial charge in [-0.05, 0) is 54.0 Å². The molecule has 1 aliphatic heterocycles. The summed E-state index contributed by atoms with van der Waals surface area (Å²) in [5.41, 5.74) is 2.07. The molecule has 0 aliphatic carbocycles. The van der Waals surface area contributed by atoms with Crippen LogP contribution in [0.15, 0.2) is 66.0 Å². The molecule has 3 aromatic rings. The Kier molecular flexibility index (Phi) is 6.10. The lowest BCUT2D eigenvalue weighted by atomic mass is 9.81. The molecule has 164 valence electrons. The van der Waals surface area contributed by atoms with Gasteiger partial charge in [-0.25, -0.2) is 4.79 Å². The number of nitrogens with one attached hydrogen (secondary N) is 2. The Hall–Kier alpha value is -3.45. The average molecular weight is 448 g/mol. The smallest absolute Gasteiger partial charge is 0.326 e. The summed E-state index contributed by atoms with van der Waals surface area (Å²) >= 11 is 1.63. The van der Waals surface area contributed by atoms with Crippen LogP contribution >= 0.6 is 11.3 Å².